The Labute approximate surface area is 153 Å². The Bertz CT molecular complexity index is 707. The fraction of sp³-hybridized carbons (Fsp3) is 0.350. The normalized spacial score (nSPS) is 16.2. The Balaban J connectivity index is 1.83. The van der Waals surface area contributed by atoms with Gasteiger partial charge < -0.3 is 14.8 Å². The highest BCUT2D eigenvalue weighted by Crippen LogP contribution is 2.36. The van der Waals surface area contributed by atoms with Crippen molar-refractivity contribution in [2.24, 2.45) is 0 Å². The number of halogens is 1. The molecule has 2 aromatic rings. The fourth-order valence-corrected chi connectivity index (χ4v) is 3.31. The van der Waals surface area contributed by atoms with Gasteiger partial charge in [-0.15, -0.1) is 0 Å². The molecule has 0 spiro atoms. The van der Waals surface area contributed by atoms with Crippen LogP contribution < -0.4 is 10.1 Å². The molecule has 0 bridgehead atoms. The van der Waals surface area contributed by atoms with Gasteiger partial charge in [0.2, 0.25) is 5.91 Å². The van der Waals surface area contributed by atoms with Gasteiger partial charge in [-0.2, -0.15) is 0 Å². The summed E-state index contributed by atoms with van der Waals surface area (Å²) in [5.41, 5.74) is 1.14. The Morgan fingerprint density at radius 1 is 1.12 bits per heavy atom. The minimum Gasteiger partial charge on any atom is -0.494 e. The van der Waals surface area contributed by atoms with E-state index >= 15 is 0 Å². The van der Waals surface area contributed by atoms with Crippen LogP contribution >= 0.6 is 11.6 Å². The van der Waals surface area contributed by atoms with Crippen LogP contribution in [0.3, 0.4) is 0 Å². The Hall–Kier alpha value is -2.04. The molecule has 0 saturated carbocycles. The zero-order chi connectivity index (χ0) is 17.7. The predicted octanol–water partition coefficient (Wildman–Crippen LogP) is 4.43. The molecule has 3 rings (SSSR count). The van der Waals surface area contributed by atoms with Gasteiger partial charge in [0.15, 0.2) is 0 Å². The van der Waals surface area contributed by atoms with Crippen molar-refractivity contribution < 1.29 is 14.3 Å². The second-order valence-electron chi connectivity index (χ2n) is 6.11. The molecule has 1 fully saturated rings. The molecule has 1 aliphatic heterocycles. The zero-order valence-corrected chi connectivity index (χ0v) is 15.0. The van der Waals surface area contributed by atoms with E-state index in [2.05, 4.69) is 5.32 Å². The molecule has 5 heteroatoms. The summed E-state index contributed by atoms with van der Waals surface area (Å²) in [4.78, 5) is 13.2. The van der Waals surface area contributed by atoms with Gasteiger partial charge in [-0.25, -0.2) is 0 Å². The molecule has 0 radical (unpaired) electrons. The molecule has 1 aliphatic rings. The van der Waals surface area contributed by atoms with E-state index in [4.69, 9.17) is 21.1 Å². The number of carbonyl (C=O) groups is 1. The van der Waals surface area contributed by atoms with E-state index in [1.165, 1.54) is 0 Å². The highest BCUT2D eigenvalue weighted by molar-refractivity contribution is 6.30. The third-order valence-corrected chi connectivity index (χ3v) is 4.85. The molecule has 4 nitrogen and oxygen atoms in total. The van der Waals surface area contributed by atoms with E-state index in [9.17, 15) is 4.79 Å². The van der Waals surface area contributed by atoms with Crippen LogP contribution in [-0.4, -0.2) is 25.7 Å². The van der Waals surface area contributed by atoms with Crippen molar-refractivity contribution in [1.29, 1.82) is 0 Å². The second kappa shape index (κ2) is 7.89. The molecular formula is C20H22ClNO3. The number of benzene rings is 2. The van der Waals surface area contributed by atoms with Crippen LogP contribution in [-0.2, 0) is 14.9 Å². The minimum absolute atomic E-state index is 0.0118. The van der Waals surface area contributed by atoms with Gasteiger partial charge in [0.05, 0.1) is 12.0 Å². The van der Waals surface area contributed by atoms with Gasteiger partial charge in [-0.3, -0.25) is 4.79 Å². The first-order valence-electron chi connectivity index (χ1n) is 8.52. The second-order valence-corrected chi connectivity index (χ2v) is 6.55. The van der Waals surface area contributed by atoms with Crippen molar-refractivity contribution in [2.45, 2.75) is 25.2 Å². The summed E-state index contributed by atoms with van der Waals surface area (Å²) in [6.07, 6.45) is 1.30. The Kier molecular flexibility index (Phi) is 5.61. The Morgan fingerprint density at radius 3 is 2.36 bits per heavy atom. The molecule has 1 heterocycles. The molecule has 0 aromatic heterocycles. The van der Waals surface area contributed by atoms with Crippen molar-refractivity contribution >= 4 is 23.2 Å². The van der Waals surface area contributed by atoms with E-state index in [1.807, 2.05) is 55.5 Å². The lowest BCUT2D eigenvalue weighted by molar-refractivity contribution is -0.125. The van der Waals surface area contributed by atoms with Gasteiger partial charge in [-0.05, 0) is 61.7 Å². The summed E-state index contributed by atoms with van der Waals surface area (Å²) in [7, 11) is 0. The number of anilines is 1. The van der Waals surface area contributed by atoms with Crippen LogP contribution in [0.2, 0.25) is 5.02 Å². The smallest absolute Gasteiger partial charge is 0.235 e. The highest BCUT2D eigenvalue weighted by Gasteiger charge is 2.41. The summed E-state index contributed by atoms with van der Waals surface area (Å²) in [5.74, 6) is 0.779. The van der Waals surface area contributed by atoms with Crippen LogP contribution in [0.15, 0.2) is 48.5 Å². The maximum atomic E-state index is 13.2. The van der Waals surface area contributed by atoms with Crippen molar-refractivity contribution in [3.63, 3.8) is 0 Å². The van der Waals surface area contributed by atoms with Gasteiger partial charge in [0, 0.05) is 23.9 Å². The first-order chi connectivity index (χ1) is 12.1. The zero-order valence-electron chi connectivity index (χ0n) is 14.3. The Morgan fingerprint density at radius 2 is 1.76 bits per heavy atom. The third kappa shape index (κ3) is 3.97. The topological polar surface area (TPSA) is 47.6 Å². The van der Waals surface area contributed by atoms with Gasteiger partial charge in [0.1, 0.15) is 5.75 Å². The average molecular weight is 360 g/mol. The fourth-order valence-electron chi connectivity index (χ4n) is 3.19. The number of nitrogens with one attached hydrogen (secondary N) is 1. The number of hydrogen-bond donors (Lipinski definition) is 1. The number of rotatable bonds is 5. The van der Waals surface area contributed by atoms with E-state index in [0.29, 0.717) is 37.7 Å². The predicted molar refractivity (Wildman–Crippen MR) is 99.4 cm³/mol. The maximum absolute atomic E-state index is 13.2. The maximum Gasteiger partial charge on any atom is 0.235 e. The standard InChI is InChI=1S/C20H22ClNO3/c1-2-25-18-9-7-17(8-10-18)22-19(23)20(11-13-24-14-12-20)15-3-5-16(21)6-4-15/h3-10H,2,11-14H2,1H3,(H,22,23). The van der Waals surface area contributed by atoms with Crippen LogP contribution in [0.25, 0.3) is 0 Å². The molecule has 1 amide bonds. The van der Waals surface area contributed by atoms with Crippen molar-refractivity contribution in [3.8, 4) is 5.75 Å². The average Bonchev–Trinajstić information content (AvgIpc) is 2.64. The van der Waals surface area contributed by atoms with Crippen LogP contribution in [0.4, 0.5) is 5.69 Å². The van der Waals surface area contributed by atoms with E-state index < -0.39 is 5.41 Å². The largest absolute Gasteiger partial charge is 0.494 e. The van der Waals surface area contributed by atoms with Crippen LogP contribution in [0.1, 0.15) is 25.3 Å². The minimum atomic E-state index is -0.596. The monoisotopic (exact) mass is 359 g/mol. The molecule has 132 valence electrons. The van der Waals surface area contributed by atoms with Gasteiger partial charge in [0.25, 0.3) is 0 Å². The lowest BCUT2D eigenvalue weighted by Crippen LogP contribution is -2.44. The van der Waals surface area contributed by atoms with Gasteiger partial charge in [-0.1, -0.05) is 23.7 Å². The molecule has 2 aromatic carbocycles. The first kappa shape index (κ1) is 17.8. The number of amides is 1. The third-order valence-electron chi connectivity index (χ3n) is 4.60. The molecule has 0 atom stereocenters. The molecule has 25 heavy (non-hydrogen) atoms. The number of hydrogen-bond acceptors (Lipinski definition) is 3. The van der Waals surface area contributed by atoms with Crippen molar-refractivity contribution in [1.82, 2.24) is 0 Å². The number of carbonyl (C=O) groups excluding carboxylic acids is 1. The SMILES string of the molecule is CCOc1ccc(NC(=O)C2(c3ccc(Cl)cc3)CCOCC2)cc1. The van der Waals surface area contributed by atoms with E-state index in [0.717, 1.165) is 17.0 Å². The summed E-state index contributed by atoms with van der Waals surface area (Å²) < 4.78 is 10.9. The summed E-state index contributed by atoms with van der Waals surface area (Å²) in [5, 5.41) is 3.72. The van der Waals surface area contributed by atoms with Crippen LogP contribution in [0.5, 0.6) is 5.75 Å². The summed E-state index contributed by atoms with van der Waals surface area (Å²) in [6, 6.07) is 15.0. The van der Waals surface area contributed by atoms with E-state index in [1.54, 1.807) is 0 Å². The molecule has 0 unspecified atom stereocenters. The lowest BCUT2D eigenvalue weighted by atomic mass is 9.73. The van der Waals surface area contributed by atoms with Crippen LogP contribution in [0, 0.1) is 0 Å². The molecular weight excluding hydrogens is 338 g/mol. The summed E-state index contributed by atoms with van der Waals surface area (Å²) in [6.45, 7) is 3.70. The molecule has 1 saturated heterocycles. The quantitative estimate of drug-likeness (QED) is 0.859. The van der Waals surface area contributed by atoms with Crippen molar-refractivity contribution in [2.75, 3.05) is 25.1 Å². The first-order valence-corrected chi connectivity index (χ1v) is 8.90. The summed E-state index contributed by atoms with van der Waals surface area (Å²) >= 11 is 6.01. The molecule has 0 aliphatic carbocycles. The highest BCUT2D eigenvalue weighted by atomic mass is 35.5. The number of ether oxygens (including phenoxy) is 2. The lowest BCUT2D eigenvalue weighted by Gasteiger charge is -2.36. The van der Waals surface area contributed by atoms with E-state index in [-0.39, 0.29) is 5.91 Å². The van der Waals surface area contributed by atoms with Crippen molar-refractivity contribution in [3.05, 3.63) is 59.1 Å². The molecule has 1 N–H and O–H groups in total. The van der Waals surface area contributed by atoms with Gasteiger partial charge >= 0.3 is 0 Å².